The number of rotatable bonds is 8. The quantitative estimate of drug-likeness (QED) is 0.219. The third kappa shape index (κ3) is 6.72. The highest BCUT2D eigenvalue weighted by Gasteiger charge is 2.48. The first-order chi connectivity index (χ1) is 17.1. The molecule has 37 heavy (non-hydrogen) atoms. The van der Waals surface area contributed by atoms with Gasteiger partial charge in [0, 0.05) is 23.6 Å². The Morgan fingerprint density at radius 2 is 1.95 bits per heavy atom. The fourth-order valence-electron chi connectivity index (χ4n) is 4.10. The number of aromatic nitrogens is 2. The maximum absolute atomic E-state index is 14.8. The number of hydrogen-bond acceptors (Lipinski definition) is 6. The average Bonchev–Trinajstić information content (AvgIpc) is 3.40. The van der Waals surface area contributed by atoms with E-state index in [1.807, 2.05) is 0 Å². The molecule has 0 saturated carbocycles. The Morgan fingerprint density at radius 3 is 2.51 bits per heavy atom. The zero-order valence-corrected chi connectivity index (χ0v) is 20.9. The fourth-order valence-corrected chi connectivity index (χ4v) is 4.10. The molecule has 1 saturated heterocycles. The zero-order valence-electron chi connectivity index (χ0n) is 20.9. The summed E-state index contributed by atoms with van der Waals surface area (Å²) in [4.78, 5) is 26.6. The number of halogens is 5. The van der Waals surface area contributed by atoms with E-state index in [2.05, 4.69) is 16.8 Å². The normalized spacial score (nSPS) is 17.4. The molecule has 12 heteroatoms. The number of allylic oxidation sites excluding steroid dienone is 1. The van der Waals surface area contributed by atoms with Gasteiger partial charge in [-0.1, -0.05) is 13.5 Å². The fraction of sp³-hybridized carbons (Fsp3) is 0.520. The van der Waals surface area contributed by atoms with E-state index in [-0.39, 0.29) is 41.5 Å². The SMILES string of the molecule is C=C(CC[C@@H]1CC(F)(F)CN1C(=O)OC(C)(C)C)C(=O)c1cc(-c2nnc(C(F)F)o2)cc(F)c1CC. The summed E-state index contributed by atoms with van der Waals surface area (Å²) in [7, 11) is 0. The molecule has 0 N–H and O–H groups in total. The molecule has 202 valence electrons. The van der Waals surface area contributed by atoms with Gasteiger partial charge in [-0.3, -0.25) is 9.69 Å². The van der Waals surface area contributed by atoms with E-state index in [1.165, 1.54) is 6.07 Å². The molecule has 1 aliphatic rings. The van der Waals surface area contributed by atoms with Crippen molar-refractivity contribution >= 4 is 11.9 Å². The Labute approximate surface area is 210 Å². The van der Waals surface area contributed by atoms with Crippen molar-refractivity contribution in [1.29, 1.82) is 0 Å². The largest absolute Gasteiger partial charge is 0.444 e. The van der Waals surface area contributed by atoms with Crippen molar-refractivity contribution in [3.8, 4) is 11.5 Å². The van der Waals surface area contributed by atoms with Crippen molar-refractivity contribution in [2.75, 3.05) is 6.54 Å². The molecule has 1 atom stereocenters. The van der Waals surface area contributed by atoms with Gasteiger partial charge >= 0.3 is 12.5 Å². The van der Waals surface area contributed by atoms with Crippen LogP contribution in [0.3, 0.4) is 0 Å². The van der Waals surface area contributed by atoms with Crippen molar-refractivity contribution in [3.05, 3.63) is 47.1 Å². The molecule has 1 aromatic heterocycles. The van der Waals surface area contributed by atoms with Crippen molar-refractivity contribution in [3.63, 3.8) is 0 Å². The zero-order chi connectivity index (χ0) is 27.7. The summed E-state index contributed by atoms with van der Waals surface area (Å²) in [6.45, 7) is 9.43. The maximum atomic E-state index is 14.8. The lowest BCUT2D eigenvalue weighted by Gasteiger charge is -2.28. The summed E-state index contributed by atoms with van der Waals surface area (Å²) in [6.07, 6.45) is -4.41. The molecule has 0 aliphatic carbocycles. The van der Waals surface area contributed by atoms with Crippen LogP contribution in [0.1, 0.15) is 75.2 Å². The molecule has 0 radical (unpaired) electrons. The Kier molecular flexibility index (Phi) is 8.09. The van der Waals surface area contributed by atoms with Gasteiger partial charge < -0.3 is 9.15 Å². The molecule has 7 nitrogen and oxygen atoms in total. The number of ketones is 1. The highest BCUT2D eigenvalue weighted by atomic mass is 19.3. The minimum absolute atomic E-state index is 0.00408. The lowest BCUT2D eigenvalue weighted by atomic mass is 9.92. The third-order valence-electron chi connectivity index (χ3n) is 5.77. The molecule has 1 fully saturated rings. The first kappa shape index (κ1) is 28.3. The Balaban J connectivity index is 1.80. The van der Waals surface area contributed by atoms with Crippen LogP contribution in [0.2, 0.25) is 0 Å². The first-order valence-electron chi connectivity index (χ1n) is 11.7. The van der Waals surface area contributed by atoms with E-state index >= 15 is 0 Å². The maximum Gasteiger partial charge on any atom is 0.410 e. The Bertz CT molecular complexity index is 1190. The number of nitrogens with zero attached hydrogens (tertiary/aromatic N) is 3. The van der Waals surface area contributed by atoms with Crippen molar-refractivity contribution < 1.29 is 40.7 Å². The second-order valence-corrected chi connectivity index (χ2v) is 9.88. The Hall–Kier alpha value is -3.31. The molecule has 3 rings (SSSR count). The van der Waals surface area contributed by atoms with E-state index in [1.54, 1.807) is 27.7 Å². The number of alkyl halides is 4. The van der Waals surface area contributed by atoms with E-state index in [0.717, 1.165) is 11.0 Å². The summed E-state index contributed by atoms with van der Waals surface area (Å²) in [5.74, 6) is -5.88. The van der Waals surface area contributed by atoms with Gasteiger partial charge in [0.15, 0.2) is 5.78 Å². The molecule has 2 heterocycles. The smallest absolute Gasteiger partial charge is 0.410 e. The first-order valence-corrected chi connectivity index (χ1v) is 11.7. The molecule has 1 amide bonds. The minimum Gasteiger partial charge on any atom is -0.444 e. The predicted octanol–water partition coefficient (Wildman–Crippen LogP) is 6.54. The monoisotopic (exact) mass is 529 g/mol. The highest BCUT2D eigenvalue weighted by molar-refractivity contribution is 6.09. The molecule has 0 unspecified atom stereocenters. The number of amides is 1. The van der Waals surface area contributed by atoms with Crippen LogP contribution in [0.4, 0.5) is 26.7 Å². The van der Waals surface area contributed by atoms with Crippen molar-refractivity contribution in [1.82, 2.24) is 15.1 Å². The van der Waals surface area contributed by atoms with Crippen LogP contribution in [0.5, 0.6) is 0 Å². The lowest BCUT2D eigenvalue weighted by Crippen LogP contribution is -2.40. The number of Topliss-reactive ketones (excluding diaryl/α,β-unsaturated/α-hetero) is 1. The Morgan fingerprint density at radius 1 is 1.27 bits per heavy atom. The van der Waals surface area contributed by atoms with Crippen LogP contribution in [0.15, 0.2) is 28.7 Å². The molecule has 2 aromatic rings. The standard InChI is InChI=1S/C25H28F5N3O4/c1-6-16-17(9-14(10-18(16)26)21-31-32-22(36-21)20(27)28)19(34)13(2)7-8-15-11-25(29,30)12-33(15)23(35)37-24(3,4)5/h9-10,15,20H,2,6-8,11-12H2,1,3-5H3/t15-/m1/s1. The van der Waals surface area contributed by atoms with Crippen LogP contribution in [0.25, 0.3) is 11.5 Å². The summed E-state index contributed by atoms with van der Waals surface area (Å²) in [5, 5.41) is 6.69. The van der Waals surface area contributed by atoms with Gasteiger partial charge in [0.25, 0.3) is 11.8 Å². The van der Waals surface area contributed by atoms with Crippen molar-refractivity contribution in [2.45, 2.75) is 77.4 Å². The molecular weight excluding hydrogens is 501 g/mol. The van der Waals surface area contributed by atoms with Gasteiger partial charge in [0.2, 0.25) is 5.89 Å². The molecule has 0 bridgehead atoms. The number of ether oxygens (including phenoxy) is 1. The van der Waals surface area contributed by atoms with E-state index in [9.17, 15) is 31.5 Å². The van der Waals surface area contributed by atoms with Gasteiger partial charge in [0.1, 0.15) is 11.4 Å². The average molecular weight is 530 g/mol. The number of benzene rings is 1. The number of hydrogen-bond donors (Lipinski definition) is 0. The van der Waals surface area contributed by atoms with Crippen LogP contribution in [-0.4, -0.2) is 51.1 Å². The van der Waals surface area contributed by atoms with E-state index < -0.39 is 66.4 Å². The van der Waals surface area contributed by atoms with Gasteiger partial charge in [-0.15, -0.1) is 10.2 Å². The molecule has 0 spiro atoms. The van der Waals surface area contributed by atoms with Crippen LogP contribution >= 0.6 is 0 Å². The summed E-state index contributed by atoms with van der Waals surface area (Å²) < 4.78 is 78.8. The molecule has 1 aromatic carbocycles. The van der Waals surface area contributed by atoms with Crippen LogP contribution in [-0.2, 0) is 11.2 Å². The third-order valence-corrected chi connectivity index (χ3v) is 5.77. The highest BCUT2D eigenvalue weighted by Crippen LogP contribution is 2.36. The van der Waals surface area contributed by atoms with Gasteiger partial charge in [-0.05, 0) is 63.3 Å². The predicted molar refractivity (Wildman–Crippen MR) is 123 cm³/mol. The second-order valence-electron chi connectivity index (χ2n) is 9.88. The van der Waals surface area contributed by atoms with E-state index in [4.69, 9.17) is 9.15 Å². The molecule has 1 aliphatic heterocycles. The molecular formula is C25H28F5N3O4. The van der Waals surface area contributed by atoms with Crippen LogP contribution in [0, 0.1) is 5.82 Å². The van der Waals surface area contributed by atoms with Crippen LogP contribution < -0.4 is 0 Å². The summed E-state index contributed by atoms with van der Waals surface area (Å²) >= 11 is 0. The number of carbonyl (C=O) groups excluding carboxylic acids is 2. The van der Waals surface area contributed by atoms with Gasteiger partial charge in [-0.2, -0.15) is 8.78 Å². The summed E-state index contributed by atoms with van der Waals surface area (Å²) in [5.41, 5.74) is -0.966. The second kappa shape index (κ2) is 10.6. The van der Waals surface area contributed by atoms with Gasteiger partial charge in [-0.25, -0.2) is 18.0 Å². The topological polar surface area (TPSA) is 85.5 Å². The summed E-state index contributed by atoms with van der Waals surface area (Å²) in [6, 6.07) is 1.35. The number of carbonyl (C=O) groups is 2. The van der Waals surface area contributed by atoms with E-state index in [0.29, 0.717) is 0 Å². The minimum atomic E-state index is -3.11. The number of likely N-dealkylation sites (tertiary alicyclic amines) is 1. The van der Waals surface area contributed by atoms with Gasteiger partial charge in [0.05, 0.1) is 6.54 Å². The van der Waals surface area contributed by atoms with Crippen molar-refractivity contribution in [2.24, 2.45) is 0 Å². The lowest BCUT2D eigenvalue weighted by molar-refractivity contribution is -0.00246.